The van der Waals surface area contributed by atoms with Gasteiger partial charge in [-0.1, -0.05) is 0 Å². The highest BCUT2D eigenvalue weighted by molar-refractivity contribution is 5.49. The van der Waals surface area contributed by atoms with Crippen LogP contribution in [0.2, 0.25) is 0 Å². The fourth-order valence-corrected chi connectivity index (χ4v) is 1.08. The van der Waals surface area contributed by atoms with E-state index in [0.29, 0.717) is 16.4 Å². The number of pyridine rings is 1. The van der Waals surface area contributed by atoms with E-state index in [4.69, 9.17) is 17.4 Å². The lowest BCUT2D eigenvalue weighted by molar-refractivity contribution is 0.931. The van der Waals surface area contributed by atoms with Crippen molar-refractivity contribution in [2.24, 2.45) is 22.4 Å². The molecule has 0 aliphatic rings. The van der Waals surface area contributed by atoms with Gasteiger partial charge >= 0.3 is 0 Å². The molecule has 0 unspecified atom stereocenters. The topological polar surface area (TPSA) is 127 Å². The molecule has 0 saturated carbocycles. The molecule has 0 amide bonds. The van der Waals surface area contributed by atoms with Gasteiger partial charge < -0.3 is 16.6 Å². The fraction of sp³-hybridized carbons (Fsp3) is 0. The van der Waals surface area contributed by atoms with Gasteiger partial charge in [0.25, 0.3) is 0 Å². The first kappa shape index (κ1) is 11.0. The molecule has 0 fully saturated rings. The summed E-state index contributed by atoms with van der Waals surface area (Å²) in [4.78, 5) is 7.76. The van der Waals surface area contributed by atoms with Crippen molar-refractivity contribution >= 4 is 18.4 Å². The monoisotopic (exact) mass is 207 g/mol. The molecule has 0 bridgehead atoms. The second kappa shape index (κ2) is 4.94. The number of hydrogen-bond acceptors (Lipinski definition) is 7. The maximum absolute atomic E-state index is 5.64. The molecule has 0 aliphatic heterocycles. The van der Waals surface area contributed by atoms with E-state index in [1.807, 2.05) is 0 Å². The van der Waals surface area contributed by atoms with Crippen LogP contribution in [0.4, 0.5) is 0 Å². The fourth-order valence-electron chi connectivity index (χ4n) is 1.08. The summed E-state index contributed by atoms with van der Waals surface area (Å²) in [6.45, 7) is 3.36. The summed E-state index contributed by atoms with van der Waals surface area (Å²) in [6, 6.07) is 3.46. The molecule has 1 aromatic heterocycles. The molecular formula is C8H13N7. The molecule has 7 heteroatoms. The number of nitrogens with two attached hydrogens (primary N) is 3. The molecule has 1 heterocycles. The van der Waals surface area contributed by atoms with Gasteiger partial charge in [-0.25, -0.2) is 16.7 Å². The molecule has 1 aromatic rings. The molecule has 15 heavy (non-hydrogen) atoms. The smallest absolute Gasteiger partial charge is 0.166 e. The van der Waals surface area contributed by atoms with Crippen molar-refractivity contribution in [2.45, 2.75) is 0 Å². The predicted octanol–water partition coefficient (Wildman–Crippen LogP) is -3.20. The first-order chi connectivity index (χ1) is 7.24. The largest absolute Gasteiger partial charge is 0.384 e. The minimum absolute atomic E-state index is 0.273. The molecule has 0 spiro atoms. The van der Waals surface area contributed by atoms with Crippen LogP contribution in [0.3, 0.4) is 0 Å². The van der Waals surface area contributed by atoms with Crippen molar-refractivity contribution in [1.82, 2.24) is 15.8 Å². The third-order valence-electron chi connectivity index (χ3n) is 1.77. The molecule has 1 rings (SSSR count). The average Bonchev–Trinajstić information content (AvgIpc) is 2.30. The summed E-state index contributed by atoms with van der Waals surface area (Å²) in [7, 11) is 0. The van der Waals surface area contributed by atoms with E-state index in [1.165, 1.54) is 0 Å². The third-order valence-corrected chi connectivity index (χ3v) is 1.77. The first-order valence-corrected chi connectivity index (χ1v) is 4.09. The van der Waals surface area contributed by atoms with Crippen LogP contribution < -0.4 is 38.8 Å². The van der Waals surface area contributed by atoms with Gasteiger partial charge in [-0.2, -0.15) is 0 Å². The first-order valence-electron chi connectivity index (χ1n) is 4.09. The lowest BCUT2D eigenvalue weighted by Gasteiger charge is -2.02. The molecule has 0 saturated heterocycles. The van der Waals surface area contributed by atoms with E-state index in [0.717, 1.165) is 0 Å². The highest BCUT2D eigenvalue weighted by Gasteiger charge is 1.97. The van der Waals surface area contributed by atoms with Gasteiger partial charge in [-0.15, -0.1) is 0 Å². The number of hydrogen-bond donors (Lipinski definition) is 5. The Hall–Kier alpha value is -2.12. The van der Waals surface area contributed by atoms with Crippen molar-refractivity contribution in [1.29, 1.82) is 0 Å². The van der Waals surface area contributed by atoms with Gasteiger partial charge in [0, 0.05) is 11.4 Å². The number of hydrazine groups is 2. The predicted molar refractivity (Wildman–Crippen MR) is 58.7 cm³/mol. The van der Waals surface area contributed by atoms with E-state index in [2.05, 4.69) is 27.5 Å². The SMILES string of the molecule is C=N/C(NN)=c1/nccc/c1=C(/N)NN. The van der Waals surface area contributed by atoms with Crippen LogP contribution in [0, 0.1) is 0 Å². The summed E-state index contributed by atoms with van der Waals surface area (Å²) in [6.07, 6.45) is 1.59. The zero-order valence-corrected chi connectivity index (χ0v) is 8.07. The van der Waals surface area contributed by atoms with Gasteiger partial charge in [0.1, 0.15) is 11.2 Å². The zero-order chi connectivity index (χ0) is 11.3. The normalized spacial score (nSPS) is 14.0. The van der Waals surface area contributed by atoms with Crippen molar-refractivity contribution < 1.29 is 0 Å². The summed E-state index contributed by atoms with van der Waals surface area (Å²) < 4.78 is 0. The molecular weight excluding hydrogens is 194 g/mol. The Balaban J connectivity index is 3.71. The minimum Gasteiger partial charge on any atom is -0.384 e. The van der Waals surface area contributed by atoms with Crippen LogP contribution >= 0.6 is 0 Å². The summed E-state index contributed by atoms with van der Waals surface area (Å²) in [5, 5.41) is 1.07. The van der Waals surface area contributed by atoms with Crippen LogP contribution in [0.25, 0.3) is 11.6 Å². The standard InChI is InChI=1S/C8H13N7/c1-12-8(15-11)6-5(7(9)14-10)3-2-4-13-6/h2-4,14-15H,1,9-11H2/b7-5+,8-6-. The van der Waals surface area contributed by atoms with Crippen molar-refractivity contribution in [3.63, 3.8) is 0 Å². The Morgan fingerprint density at radius 1 is 1.40 bits per heavy atom. The van der Waals surface area contributed by atoms with Crippen LogP contribution in [0.1, 0.15) is 0 Å². The third kappa shape index (κ3) is 2.22. The van der Waals surface area contributed by atoms with E-state index in [1.54, 1.807) is 18.3 Å². The van der Waals surface area contributed by atoms with Crippen molar-refractivity contribution in [3.8, 4) is 0 Å². The Morgan fingerprint density at radius 3 is 2.67 bits per heavy atom. The van der Waals surface area contributed by atoms with Crippen LogP contribution in [-0.2, 0) is 0 Å². The van der Waals surface area contributed by atoms with Gasteiger partial charge in [0.15, 0.2) is 5.82 Å². The maximum Gasteiger partial charge on any atom is 0.166 e. The number of rotatable bonds is 3. The molecule has 0 radical (unpaired) electrons. The molecule has 0 atom stereocenters. The molecule has 8 N–H and O–H groups in total. The molecule has 0 aromatic carbocycles. The Bertz CT molecular complexity index is 464. The second-order valence-electron chi connectivity index (χ2n) is 2.61. The van der Waals surface area contributed by atoms with E-state index < -0.39 is 0 Å². The maximum atomic E-state index is 5.64. The van der Waals surface area contributed by atoms with Gasteiger partial charge in [0.2, 0.25) is 0 Å². The van der Waals surface area contributed by atoms with Gasteiger partial charge in [0.05, 0.1) is 0 Å². The van der Waals surface area contributed by atoms with Gasteiger partial charge in [-0.05, 0) is 18.9 Å². The number of aromatic nitrogens is 1. The van der Waals surface area contributed by atoms with Crippen molar-refractivity contribution in [3.05, 3.63) is 28.9 Å². The van der Waals surface area contributed by atoms with E-state index in [-0.39, 0.29) is 5.82 Å². The van der Waals surface area contributed by atoms with Crippen LogP contribution in [-0.4, -0.2) is 11.7 Å². The lowest BCUT2D eigenvalue weighted by Crippen LogP contribution is -2.43. The number of nitrogens with zero attached hydrogens (tertiary/aromatic N) is 2. The Labute approximate surface area is 86.3 Å². The van der Waals surface area contributed by atoms with Gasteiger partial charge in [-0.3, -0.25) is 4.98 Å². The van der Waals surface area contributed by atoms with Crippen LogP contribution in [0.5, 0.6) is 0 Å². The summed E-state index contributed by atoms with van der Waals surface area (Å²) >= 11 is 0. The summed E-state index contributed by atoms with van der Waals surface area (Å²) in [5.41, 5.74) is 10.3. The molecule has 7 nitrogen and oxygen atoms in total. The van der Waals surface area contributed by atoms with E-state index >= 15 is 0 Å². The molecule has 80 valence electrons. The van der Waals surface area contributed by atoms with Crippen LogP contribution in [0.15, 0.2) is 23.3 Å². The Kier molecular flexibility index (Phi) is 3.61. The quantitative estimate of drug-likeness (QED) is 0.202. The minimum atomic E-state index is 0.273. The highest BCUT2D eigenvalue weighted by atomic mass is 15.3. The zero-order valence-electron chi connectivity index (χ0n) is 8.07. The Morgan fingerprint density at radius 2 is 2.13 bits per heavy atom. The number of aliphatic imine (C=N–C) groups is 1. The molecule has 0 aliphatic carbocycles. The average molecular weight is 207 g/mol. The second-order valence-corrected chi connectivity index (χ2v) is 2.61. The highest BCUT2D eigenvalue weighted by Crippen LogP contribution is 1.80. The van der Waals surface area contributed by atoms with Crippen molar-refractivity contribution in [2.75, 3.05) is 0 Å². The number of nitrogens with one attached hydrogen (secondary N) is 2. The van der Waals surface area contributed by atoms with E-state index in [9.17, 15) is 0 Å². The summed E-state index contributed by atoms with van der Waals surface area (Å²) in [5.74, 6) is 11.1. The lowest BCUT2D eigenvalue weighted by atomic mass is 10.3.